The molecule has 0 aromatic carbocycles. The molecule has 0 spiro atoms. The van der Waals surface area contributed by atoms with Crippen LogP contribution in [0.3, 0.4) is 0 Å². The van der Waals surface area contributed by atoms with Crippen molar-refractivity contribution in [2.45, 2.75) is 26.4 Å². The van der Waals surface area contributed by atoms with Gasteiger partial charge >= 0.3 is 0 Å². The number of rotatable bonds is 7. The van der Waals surface area contributed by atoms with Gasteiger partial charge in [0.25, 0.3) is 10.1 Å². The third kappa shape index (κ3) is 6.67. The second-order valence-corrected chi connectivity index (χ2v) is 4.97. The van der Waals surface area contributed by atoms with Crippen molar-refractivity contribution in [3.63, 3.8) is 0 Å². The van der Waals surface area contributed by atoms with E-state index in [1.54, 1.807) is 6.92 Å². The van der Waals surface area contributed by atoms with E-state index in [0.29, 0.717) is 6.42 Å². The normalized spacial score (nSPS) is 12.7. The van der Waals surface area contributed by atoms with Crippen molar-refractivity contribution in [2.24, 2.45) is 0 Å². The molecule has 0 rings (SSSR count). The zero-order valence-electron chi connectivity index (χ0n) is 9.60. The molecule has 0 aromatic heterocycles. The number of carbonyl (C=O) groups excluding carboxylic acids is 1. The lowest BCUT2D eigenvalue weighted by atomic mass is 10.1. The Labute approximate surface area is 96.0 Å². The SMILES string of the molecule is C=C(C)C(=O)C(O)COS(=O)(=O)CCC.N. The van der Waals surface area contributed by atoms with Gasteiger partial charge in [-0.1, -0.05) is 13.5 Å². The minimum atomic E-state index is -3.63. The first-order chi connectivity index (χ1) is 6.80. The van der Waals surface area contributed by atoms with Gasteiger partial charge in [-0.25, -0.2) is 0 Å². The van der Waals surface area contributed by atoms with Crippen LogP contribution in [0, 0.1) is 0 Å². The molecule has 1 atom stereocenters. The first kappa shape index (κ1) is 17.6. The summed E-state index contributed by atoms with van der Waals surface area (Å²) in [7, 11) is -3.63. The molecule has 0 aromatic rings. The second kappa shape index (κ2) is 7.50. The zero-order chi connectivity index (χ0) is 12.1. The monoisotopic (exact) mass is 253 g/mol. The van der Waals surface area contributed by atoms with Crippen LogP contribution in [0.15, 0.2) is 12.2 Å². The molecule has 4 N–H and O–H groups in total. The molecule has 6 nitrogen and oxygen atoms in total. The Kier molecular flexibility index (Phi) is 8.27. The maximum absolute atomic E-state index is 11.1. The van der Waals surface area contributed by atoms with Crippen molar-refractivity contribution in [1.82, 2.24) is 6.15 Å². The highest BCUT2D eigenvalue weighted by Gasteiger charge is 2.19. The lowest BCUT2D eigenvalue weighted by molar-refractivity contribution is -0.124. The highest BCUT2D eigenvalue weighted by molar-refractivity contribution is 7.86. The Morgan fingerprint density at radius 3 is 2.38 bits per heavy atom. The van der Waals surface area contributed by atoms with Gasteiger partial charge in [0.05, 0.1) is 12.4 Å². The van der Waals surface area contributed by atoms with Crippen LogP contribution < -0.4 is 6.15 Å². The molecular weight excluding hydrogens is 234 g/mol. The Hall–Kier alpha value is -0.760. The number of ketones is 1. The summed E-state index contributed by atoms with van der Waals surface area (Å²) in [6.45, 7) is 5.92. The average Bonchev–Trinajstić information content (AvgIpc) is 2.13. The minimum Gasteiger partial charge on any atom is -0.382 e. The van der Waals surface area contributed by atoms with Crippen molar-refractivity contribution in [3.05, 3.63) is 12.2 Å². The van der Waals surface area contributed by atoms with E-state index in [1.165, 1.54) is 6.92 Å². The maximum Gasteiger partial charge on any atom is 0.267 e. The minimum absolute atomic E-state index is 0. The lowest BCUT2D eigenvalue weighted by Gasteiger charge is -2.09. The number of hydrogen-bond donors (Lipinski definition) is 2. The molecule has 0 radical (unpaired) electrons. The topological polar surface area (TPSA) is 116 Å². The first-order valence-electron chi connectivity index (χ1n) is 4.55. The Morgan fingerprint density at radius 2 is 2.00 bits per heavy atom. The quantitative estimate of drug-likeness (QED) is 0.501. The zero-order valence-corrected chi connectivity index (χ0v) is 10.4. The lowest BCUT2D eigenvalue weighted by Crippen LogP contribution is -2.28. The van der Waals surface area contributed by atoms with Crippen LogP contribution in [0.1, 0.15) is 20.3 Å². The fourth-order valence-corrected chi connectivity index (χ4v) is 1.79. The predicted octanol–water partition coefficient (Wildman–Crippen LogP) is 0.411. The predicted molar refractivity (Wildman–Crippen MR) is 60.9 cm³/mol. The van der Waals surface area contributed by atoms with Gasteiger partial charge in [-0.15, -0.1) is 0 Å². The van der Waals surface area contributed by atoms with Crippen LogP contribution in [0.4, 0.5) is 0 Å². The Morgan fingerprint density at radius 1 is 1.50 bits per heavy atom. The molecule has 0 aliphatic rings. The van der Waals surface area contributed by atoms with Gasteiger partial charge in [-0.3, -0.25) is 8.98 Å². The van der Waals surface area contributed by atoms with Crippen molar-refractivity contribution >= 4 is 15.9 Å². The number of aliphatic hydroxyl groups excluding tert-OH is 1. The van der Waals surface area contributed by atoms with Crippen molar-refractivity contribution in [2.75, 3.05) is 12.4 Å². The van der Waals surface area contributed by atoms with Crippen molar-refractivity contribution in [1.29, 1.82) is 0 Å². The van der Waals surface area contributed by atoms with Gasteiger partial charge in [0.2, 0.25) is 0 Å². The average molecular weight is 253 g/mol. The van der Waals surface area contributed by atoms with E-state index in [-0.39, 0.29) is 17.5 Å². The summed E-state index contributed by atoms with van der Waals surface area (Å²) in [4.78, 5) is 11.1. The second-order valence-electron chi connectivity index (χ2n) is 3.21. The van der Waals surface area contributed by atoms with E-state index in [1.807, 2.05) is 0 Å². The van der Waals surface area contributed by atoms with Crippen LogP contribution in [-0.2, 0) is 19.1 Å². The number of carbonyl (C=O) groups is 1. The summed E-state index contributed by atoms with van der Waals surface area (Å²) in [5.74, 6) is -0.734. The van der Waals surface area contributed by atoms with Gasteiger partial charge in [0.1, 0.15) is 6.10 Å². The molecule has 0 amide bonds. The molecule has 0 fully saturated rings. The van der Waals surface area contributed by atoms with Crippen LogP contribution in [-0.4, -0.2) is 37.8 Å². The van der Waals surface area contributed by atoms with E-state index in [4.69, 9.17) is 0 Å². The van der Waals surface area contributed by atoms with Crippen LogP contribution in [0.25, 0.3) is 0 Å². The van der Waals surface area contributed by atoms with Gasteiger partial charge in [0, 0.05) is 0 Å². The smallest absolute Gasteiger partial charge is 0.267 e. The van der Waals surface area contributed by atoms with Gasteiger partial charge in [-0.2, -0.15) is 8.42 Å². The standard InChI is InChI=1S/C9H16O5S.H3N/c1-4-5-15(12,13)14-6-8(10)9(11)7(2)3;/h8,10H,2,4-6H2,1,3H3;1H3. The number of Topliss-reactive ketones (excluding diaryl/α,β-unsaturated/α-hetero) is 1. The molecular formula is C9H19NO5S. The van der Waals surface area contributed by atoms with E-state index in [9.17, 15) is 18.3 Å². The van der Waals surface area contributed by atoms with Crippen LogP contribution in [0.2, 0.25) is 0 Å². The summed E-state index contributed by atoms with van der Waals surface area (Å²) in [6.07, 6.45) is -1.04. The van der Waals surface area contributed by atoms with E-state index in [2.05, 4.69) is 10.8 Å². The molecule has 0 saturated heterocycles. The summed E-state index contributed by atoms with van der Waals surface area (Å²) in [6, 6.07) is 0. The molecule has 96 valence electrons. The largest absolute Gasteiger partial charge is 0.382 e. The van der Waals surface area contributed by atoms with Crippen LogP contribution in [0.5, 0.6) is 0 Å². The van der Waals surface area contributed by atoms with E-state index < -0.39 is 28.6 Å². The van der Waals surface area contributed by atoms with Gasteiger partial charge in [0.15, 0.2) is 5.78 Å². The first-order valence-corrected chi connectivity index (χ1v) is 6.12. The Balaban J connectivity index is 0. The van der Waals surface area contributed by atoms with Crippen molar-refractivity contribution < 1.29 is 22.5 Å². The Bertz CT molecular complexity index is 336. The molecule has 0 saturated carbocycles. The fraction of sp³-hybridized carbons (Fsp3) is 0.667. The van der Waals surface area contributed by atoms with E-state index in [0.717, 1.165) is 0 Å². The molecule has 0 aliphatic carbocycles. The van der Waals surface area contributed by atoms with E-state index >= 15 is 0 Å². The van der Waals surface area contributed by atoms with Crippen molar-refractivity contribution in [3.8, 4) is 0 Å². The van der Waals surface area contributed by atoms with Gasteiger partial charge < -0.3 is 11.3 Å². The molecule has 1 unspecified atom stereocenters. The summed E-state index contributed by atoms with van der Waals surface area (Å²) in [5, 5.41) is 9.22. The summed E-state index contributed by atoms with van der Waals surface area (Å²) >= 11 is 0. The highest BCUT2D eigenvalue weighted by Crippen LogP contribution is 2.02. The molecule has 0 heterocycles. The highest BCUT2D eigenvalue weighted by atomic mass is 32.2. The molecule has 0 bridgehead atoms. The summed E-state index contributed by atoms with van der Waals surface area (Å²) in [5.41, 5.74) is 0.166. The van der Waals surface area contributed by atoms with Gasteiger partial charge in [-0.05, 0) is 18.9 Å². The maximum atomic E-state index is 11.1. The number of hydrogen-bond acceptors (Lipinski definition) is 6. The van der Waals surface area contributed by atoms with Crippen LogP contribution >= 0.6 is 0 Å². The molecule has 0 aliphatic heterocycles. The molecule has 16 heavy (non-hydrogen) atoms. The third-order valence-corrected chi connectivity index (χ3v) is 2.99. The third-order valence-electron chi connectivity index (χ3n) is 1.58. The number of aliphatic hydroxyl groups is 1. The fourth-order valence-electron chi connectivity index (χ4n) is 0.837. The summed E-state index contributed by atoms with van der Waals surface area (Å²) < 4.78 is 26.6. The molecule has 7 heteroatoms.